The number of esters is 1. The van der Waals surface area contributed by atoms with Crippen molar-refractivity contribution >= 4 is 11.9 Å². The summed E-state index contributed by atoms with van der Waals surface area (Å²) in [6.07, 6.45) is 1.15. The molecule has 1 aromatic rings. The van der Waals surface area contributed by atoms with Crippen molar-refractivity contribution in [3.8, 4) is 0 Å². The summed E-state index contributed by atoms with van der Waals surface area (Å²) in [5.41, 5.74) is -0.954. The van der Waals surface area contributed by atoms with Gasteiger partial charge in [0.1, 0.15) is 6.04 Å². The van der Waals surface area contributed by atoms with Crippen molar-refractivity contribution in [3.05, 3.63) is 34.9 Å². The van der Waals surface area contributed by atoms with E-state index in [-0.39, 0.29) is 12.6 Å². The smallest absolute Gasteiger partial charge is 0.328 e. The van der Waals surface area contributed by atoms with E-state index < -0.39 is 46.8 Å². The minimum absolute atomic E-state index is 0.0873. The van der Waals surface area contributed by atoms with Crippen LogP contribution in [0, 0.1) is 23.3 Å². The van der Waals surface area contributed by atoms with E-state index in [9.17, 15) is 27.2 Å². The molecule has 4 nitrogen and oxygen atoms in total. The highest BCUT2D eigenvalue weighted by molar-refractivity contribution is 5.97. The SMILES string of the molecule is CCOC(=O)[C@@H](C)N(C(=O)c1cc(F)c(F)c(F)c1F)C1CC1. The monoisotopic (exact) mass is 333 g/mol. The fraction of sp³-hybridized carbons (Fsp3) is 0.467. The highest BCUT2D eigenvalue weighted by Crippen LogP contribution is 2.31. The van der Waals surface area contributed by atoms with Gasteiger partial charge in [-0.1, -0.05) is 0 Å². The van der Waals surface area contributed by atoms with Crippen LogP contribution in [0.15, 0.2) is 6.07 Å². The summed E-state index contributed by atoms with van der Waals surface area (Å²) in [6.45, 7) is 3.05. The lowest BCUT2D eigenvalue weighted by atomic mass is 10.1. The largest absolute Gasteiger partial charge is 0.464 e. The average molecular weight is 333 g/mol. The zero-order chi connectivity index (χ0) is 17.3. The Labute approximate surface area is 130 Å². The molecule has 1 aromatic carbocycles. The summed E-state index contributed by atoms with van der Waals surface area (Å²) in [7, 11) is 0. The number of hydrogen-bond acceptors (Lipinski definition) is 3. The van der Waals surface area contributed by atoms with E-state index in [1.807, 2.05) is 0 Å². The number of nitrogens with zero attached hydrogens (tertiary/aromatic N) is 1. The highest BCUT2D eigenvalue weighted by atomic mass is 19.2. The number of carbonyl (C=O) groups excluding carboxylic acids is 2. The van der Waals surface area contributed by atoms with Crippen molar-refractivity contribution in [2.24, 2.45) is 0 Å². The molecule has 126 valence electrons. The lowest BCUT2D eigenvalue weighted by molar-refractivity contribution is -0.148. The molecular weight excluding hydrogens is 318 g/mol. The van der Waals surface area contributed by atoms with E-state index in [1.165, 1.54) is 6.92 Å². The summed E-state index contributed by atoms with van der Waals surface area (Å²) in [4.78, 5) is 25.3. The standard InChI is InChI=1S/C15H15F4NO3/c1-3-23-15(22)7(2)20(8-4-5-8)14(21)9-6-10(16)12(18)13(19)11(9)17/h6-8H,3-5H2,1-2H3/t7-/m1/s1. The zero-order valence-corrected chi connectivity index (χ0v) is 12.5. The quantitative estimate of drug-likeness (QED) is 0.360. The third-order valence-electron chi connectivity index (χ3n) is 3.55. The molecule has 2 rings (SSSR count). The van der Waals surface area contributed by atoms with Crippen molar-refractivity contribution in [1.29, 1.82) is 0 Å². The first-order valence-electron chi connectivity index (χ1n) is 7.11. The van der Waals surface area contributed by atoms with Crippen LogP contribution in [0.1, 0.15) is 37.0 Å². The molecule has 0 radical (unpaired) electrons. The Hall–Kier alpha value is -2.12. The van der Waals surface area contributed by atoms with Crippen LogP contribution in [0.25, 0.3) is 0 Å². The van der Waals surface area contributed by atoms with Crippen LogP contribution in [-0.2, 0) is 9.53 Å². The second-order valence-corrected chi connectivity index (χ2v) is 5.22. The molecule has 1 aliphatic rings. The number of ether oxygens (including phenoxy) is 1. The van der Waals surface area contributed by atoms with E-state index in [0.717, 1.165) is 4.90 Å². The van der Waals surface area contributed by atoms with Crippen molar-refractivity contribution in [3.63, 3.8) is 0 Å². The van der Waals surface area contributed by atoms with Gasteiger partial charge in [-0.15, -0.1) is 0 Å². The maximum absolute atomic E-state index is 13.8. The number of carbonyl (C=O) groups is 2. The van der Waals surface area contributed by atoms with Gasteiger partial charge in [0.05, 0.1) is 12.2 Å². The minimum atomic E-state index is -2.06. The van der Waals surface area contributed by atoms with E-state index in [0.29, 0.717) is 18.9 Å². The Morgan fingerprint density at radius 2 is 1.83 bits per heavy atom. The Balaban J connectivity index is 2.38. The molecule has 0 saturated heterocycles. The number of amides is 1. The van der Waals surface area contributed by atoms with Gasteiger partial charge in [-0.05, 0) is 32.8 Å². The first-order valence-corrected chi connectivity index (χ1v) is 7.11. The second kappa shape index (κ2) is 6.55. The Morgan fingerprint density at radius 1 is 1.22 bits per heavy atom. The molecule has 0 unspecified atom stereocenters. The normalized spacial score (nSPS) is 15.2. The van der Waals surface area contributed by atoms with Crippen molar-refractivity contribution in [1.82, 2.24) is 4.90 Å². The van der Waals surface area contributed by atoms with Gasteiger partial charge in [0.15, 0.2) is 23.3 Å². The van der Waals surface area contributed by atoms with Crippen LogP contribution in [0.4, 0.5) is 17.6 Å². The van der Waals surface area contributed by atoms with E-state index in [4.69, 9.17) is 4.74 Å². The molecule has 1 amide bonds. The molecule has 0 aromatic heterocycles. The van der Waals surface area contributed by atoms with E-state index in [1.54, 1.807) is 6.92 Å². The van der Waals surface area contributed by atoms with Crippen LogP contribution in [0.3, 0.4) is 0 Å². The van der Waals surface area contributed by atoms with Gasteiger partial charge in [-0.3, -0.25) is 4.79 Å². The zero-order valence-electron chi connectivity index (χ0n) is 12.5. The Bertz CT molecular complexity index is 646. The molecule has 0 heterocycles. The second-order valence-electron chi connectivity index (χ2n) is 5.22. The highest BCUT2D eigenvalue weighted by Gasteiger charge is 2.40. The first kappa shape index (κ1) is 17.2. The fourth-order valence-corrected chi connectivity index (χ4v) is 2.25. The van der Waals surface area contributed by atoms with Crippen LogP contribution in [0.2, 0.25) is 0 Å². The predicted molar refractivity (Wildman–Crippen MR) is 71.6 cm³/mol. The lowest BCUT2D eigenvalue weighted by Gasteiger charge is -2.28. The molecule has 1 aliphatic carbocycles. The minimum Gasteiger partial charge on any atom is -0.464 e. The van der Waals surface area contributed by atoms with Gasteiger partial charge in [0.25, 0.3) is 5.91 Å². The summed E-state index contributed by atoms with van der Waals surface area (Å²) < 4.78 is 58.2. The summed E-state index contributed by atoms with van der Waals surface area (Å²) in [5, 5.41) is 0. The third-order valence-corrected chi connectivity index (χ3v) is 3.55. The third kappa shape index (κ3) is 3.30. The molecule has 0 bridgehead atoms. The lowest BCUT2D eigenvalue weighted by Crippen LogP contribution is -2.46. The van der Waals surface area contributed by atoms with Gasteiger partial charge in [-0.2, -0.15) is 0 Å². The Morgan fingerprint density at radius 3 is 2.35 bits per heavy atom. The summed E-state index contributed by atoms with van der Waals surface area (Å²) in [6, 6.07) is -1.11. The van der Waals surface area contributed by atoms with Gasteiger partial charge in [0.2, 0.25) is 0 Å². The maximum atomic E-state index is 13.8. The molecule has 0 N–H and O–H groups in total. The molecule has 0 aliphatic heterocycles. The molecular formula is C15H15F4NO3. The van der Waals surface area contributed by atoms with Crippen molar-refractivity contribution < 1.29 is 31.9 Å². The van der Waals surface area contributed by atoms with Gasteiger partial charge < -0.3 is 9.64 Å². The fourth-order valence-electron chi connectivity index (χ4n) is 2.25. The number of rotatable bonds is 5. The van der Waals surface area contributed by atoms with Crippen molar-refractivity contribution in [2.75, 3.05) is 6.61 Å². The first-order chi connectivity index (χ1) is 10.8. The summed E-state index contributed by atoms with van der Waals surface area (Å²) in [5.74, 6) is -9.30. The van der Waals surface area contributed by atoms with E-state index in [2.05, 4.69) is 0 Å². The molecule has 1 saturated carbocycles. The van der Waals surface area contributed by atoms with Gasteiger partial charge >= 0.3 is 5.97 Å². The van der Waals surface area contributed by atoms with E-state index >= 15 is 0 Å². The molecule has 0 spiro atoms. The topological polar surface area (TPSA) is 46.6 Å². The summed E-state index contributed by atoms with van der Waals surface area (Å²) >= 11 is 0. The maximum Gasteiger partial charge on any atom is 0.328 e. The predicted octanol–water partition coefficient (Wildman–Crippen LogP) is 2.80. The molecule has 23 heavy (non-hydrogen) atoms. The van der Waals surface area contributed by atoms with Gasteiger partial charge in [-0.25, -0.2) is 22.4 Å². The van der Waals surface area contributed by atoms with Crippen LogP contribution < -0.4 is 0 Å². The molecule has 1 atom stereocenters. The number of halogens is 4. The Kier molecular flexibility index (Phi) is 4.91. The van der Waals surface area contributed by atoms with Crippen LogP contribution >= 0.6 is 0 Å². The molecule has 8 heteroatoms. The molecule has 1 fully saturated rings. The van der Waals surface area contributed by atoms with Gasteiger partial charge in [0, 0.05) is 6.04 Å². The van der Waals surface area contributed by atoms with Crippen LogP contribution in [0.5, 0.6) is 0 Å². The number of hydrogen-bond donors (Lipinski definition) is 0. The van der Waals surface area contributed by atoms with Crippen LogP contribution in [-0.4, -0.2) is 35.5 Å². The average Bonchev–Trinajstić information content (AvgIpc) is 3.33. The number of benzene rings is 1. The van der Waals surface area contributed by atoms with Crippen molar-refractivity contribution in [2.45, 2.75) is 38.8 Å².